The first-order valence-corrected chi connectivity index (χ1v) is 6.28. The number of aromatic carboxylic acids is 1. The number of nitrogens with one attached hydrogen (secondary N) is 1. The van der Waals surface area contributed by atoms with Crippen LogP contribution >= 0.6 is 0 Å². The maximum Gasteiger partial charge on any atom is 0.335 e. The predicted molar refractivity (Wildman–Crippen MR) is 79.2 cm³/mol. The Morgan fingerprint density at radius 1 is 1.14 bits per heavy atom. The van der Waals surface area contributed by atoms with Crippen molar-refractivity contribution in [1.29, 1.82) is 0 Å². The molecule has 0 spiro atoms. The van der Waals surface area contributed by atoms with Crippen molar-refractivity contribution in [3.63, 3.8) is 0 Å². The highest BCUT2D eigenvalue weighted by Gasteiger charge is 2.13. The van der Waals surface area contributed by atoms with Crippen LogP contribution in [0.15, 0.2) is 42.5 Å². The third-order valence-electron chi connectivity index (χ3n) is 3.05. The van der Waals surface area contributed by atoms with Crippen molar-refractivity contribution in [2.75, 3.05) is 5.32 Å². The van der Waals surface area contributed by atoms with Crippen LogP contribution in [-0.2, 0) is 0 Å². The van der Waals surface area contributed by atoms with E-state index in [4.69, 9.17) is 5.11 Å². The number of non-ortho nitro benzene ring substituents is 1. The fourth-order valence-electron chi connectivity index (χ4n) is 1.84. The Kier molecular flexibility index (Phi) is 4.17. The zero-order chi connectivity index (χ0) is 16.3. The number of aryl methyl sites for hydroxylation is 1. The van der Waals surface area contributed by atoms with E-state index < -0.39 is 16.8 Å². The molecular formula is C15H12N2O5. The van der Waals surface area contributed by atoms with Gasteiger partial charge in [-0.3, -0.25) is 14.9 Å². The third-order valence-corrected chi connectivity index (χ3v) is 3.05. The van der Waals surface area contributed by atoms with E-state index in [1.165, 1.54) is 30.3 Å². The highest BCUT2D eigenvalue weighted by Crippen LogP contribution is 2.19. The molecule has 2 aromatic rings. The van der Waals surface area contributed by atoms with E-state index in [0.29, 0.717) is 11.3 Å². The number of benzene rings is 2. The standard InChI is InChI=1S/C15H12N2O5/c1-9-5-6-11(15(19)20)8-13(9)16-14(18)10-3-2-4-12(7-10)17(21)22/h2-8H,1H3,(H,16,18)(H,19,20). The fourth-order valence-corrected chi connectivity index (χ4v) is 1.84. The molecule has 0 aliphatic heterocycles. The van der Waals surface area contributed by atoms with Gasteiger partial charge in [0.1, 0.15) is 0 Å². The average Bonchev–Trinajstić information content (AvgIpc) is 2.49. The van der Waals surface area contributed by atoms with Gasteiger partial charge in [0.2, 0.25) is 0 Å². The zero-order valence-corrected chi connectivity index (χ0v) is 11.6. The summed E-state index contributed by atoms with van der Waals surface area (Å²) in [5.74, 6) is -1.65. The first-order chi connectivity index (χ1) is 10.4. The summed E-state index contributed by atoms with van der Waals surface area (Å²) < 4.78 is 0. The summed E-state index contributed by atoms with van der Waals surface area (Å²) in [6.45, 7) is 1.72. The normalized spacial score (nSPS) is 10.0. The second-order valence-electron chi connectivity index (χ2n) is 4.60. The minimum Gasteiger partial charge on any atom is -0.478 e. The van der Waals surface area contributed by atoms with E-state index in [0.717, 1.165) is 6.07 Å². The Morgan fingerprint density at radius 3 is 2.50 bits per heavy atom. The van der Waals surface area contributed by atoms with Gasteiger partial charge in [-0.2, -0.15) is 0 Å². The lowest BCUT2D eigenvalue weighted by molar-refractivity contribution is -0.384. The smallest absolute Gasteiger partial charge is 0.335 e. The highest BCUT2D eigenvalue weighted by molar-refractivity contribution is 6.05. The first-order valence-electron chi connectivity index (χ1n) is 6.28. The van der Waals surface area contributed by atoms with Gasteiger partial charge in [0.25, 0.3) is 11.6 Å². The van der Waals surface area contributed by atoms with Crippen molar-refractivity contribution in [3.8, 4) is 0 Å². The summed E-state index contributed by atoms with van der Waals surface area (Å²) in [4.78, 5) is 33.2. The van der Waals surface area contributed by atoms with Gasteiger partial charge in [0, 0.05) is 23.4 Å². The minimum atomic E-state index is -1.11. The predicted octanol–water partition coefficient (Wildman–Crippen LogP) is 2.85. The number of carbonyl (C=O) groups excluding carboxylic acids is 1. The van der Waals surface area contributed by atoms with Crippen LogP contribution in [0.25, 0.3) is 0 Å². The second kappa shape index (κ2) is 6.04. The maximum absolute atomic E-state index is 12.1. The lowest BCUT2D eigenvalue weighted by Gasteiger charge is -2.09. The van der Waals surface area contributed by atoms with Gasteiger partial charge in [0.05, 0.1) is 10.5 Å². The molecule has 0 saturated heterocycles. The van der Waals surface area contributed by atoms with Crippen LogP contribution in [0.2, 0.25) is 0 Å². The van der Waals surface area contributed by atoms with Crippen molar-refractivity contribution in [1.82, 2.24) is 0 Å². The number of carboxylic acid groups (broad SMARTS) is 1. The molecular weight excluding hydrogens is 288 g/mol. The van der Waals surface area contributed by atoms with E-state index in [9.17, 15) is 19.7 Å². The largest absolute Gasteiger partial charge is 0.478 e. The number of rotatable bonds is 4. The molecule has 0 atom stereocenters. The summed E-state index contributed by atoms with van der Waals surface area (Å²) in [6, 6.07) is 9.64. The molecule has 0 bridgehead atoms. The number of hydrogen-bond donors (Lipinski definition) is 2. The van der Waals surface area contributed by atoms with Crippen LogP contribution in [-0.4, -0.2) is 21.9 Å². The molecule has 112 valence electrons. The highest BCUT2D eigenvalue weighted by atomic mass is 16.6. The van der Waals surface area contributed by atoms with Crippen LogP contribution in [0.5, 0.6) is 0 Å². The SMILES string of the molecule is Cc1ccc(C(=O)O)cc1NC(=O)c1cccc([N+](=O)[O-])c1. The average molecular weight is 300 g/mol. The van der Waals surface area contributed by atoms with Crippen LogP contribution in [0.4, 0.5) is 11.4 Å². The lowest BCUT2D eigenvalue weighted by Crippen LogP contribution is -2.13. The molecule has 2 N–H and O–H groups in total. The van der Waals surface area contributed by atoms with E-state index in [-0.39, 0.29) is 16.8 Å². The molecule has 0 aliphatic rings. The van der Waals surface area contributed by atoms with Crippen LogP contribution in [0, 0.1) is 17.0 Å². The van der Waals surface area contributed by atoms with Gasteiger partial charge in [-0.1, -0.05) is 12.1 Å². The summed E-state index contributed by atoms with van der Waals surface area (Å²) in [7, 11) is 0. The Balaban J connectivity index is 2.29. The summed E-state index contributed by atoms with van der Waals surface area (Å²) in [5.41, 5.74) is 0.998. The molecule has 0 aliphatic carbocycles. The number of carboxylic acids is 1. The summed E-state index contributed by atoms with van der Waals surface area (Å²) >= 11 is 0. The van der Waals surface area contributed by atoms with Crippen LogP contribution in [0.1, 0.15) is 26.3 Å². The topological polar surface area (TPSA) is 110 Å². The fraction of sp³-hybridized carbons (Fsp3) is 0.0667. The Morgan fingerprint density at radius 2 is 1.86 bits per heavy atom. The minimum absolute atomic E-state index is 0.0416. The number of hydrogen-bond acceptors (Lipinski definition) is 4. The molecule has 0 fully saturated rings. The first kappa shape index (κ1) is 15.2. The van der Waals surface area contributed by atoms with Crippen molar-refractivity contribution in [2.45, 2.75) is 6.92 Å². The van der Waals surface area contributed by atoms with Gasteiger partial charge in [0.15, 0.2) is 0 Å². The molecule has 0 aromatic heterocycles. The molecule has 0 heterocycles. The van der Waals surface area contributed by atoms with Gasteiger partial charge in [-0.25, -0.2) is 4.79 Å². The number of nitro groups is 1. The molecule has 7 nitrogen and oxygen atoms in total. The Hall–Kier alpha value is -3.22. The molecule has 2 aromatic carbocycles. The molecule has 22 heavy (non-hydrogen) atoms. The maximum atomic E-state index is 12.1. The molecule has 0 unspecified atom stereocenters. The number of nitro benzene ring substituents is 1. The van der Waals surface area contributed by atoms with Crippen molar-refractivity contribution in [2.24, 2.45) is 0 Å². The van der Waals surface area contributed by atoms with Crippen LogP contribution in [0.3, 0.4) is 0 Å². The lowest BCUT2D eigenvalue weighted by atomic mass is 10.1. The molecule has 0 radical (unpaired) electrons. The van der Waals surface area contributed by atoms with Gasteiger partial charge in [-0.15, -0.1) is 0 Å². The van der Waals surface area contributed by atoms with E-state index in [1.54, 1.807) is 13.0 Å². The van der Waals surface area contributed by atoms with Crippen LogP contribution < -0.4 is 5.32 Å². The van der Waals surface area contributed by atoms with Gasteiger partial charge in [-0.05, 0) is 30.7 Å². The molecule has 7 heteroatoms. The number of carbonyl (C=O) groups is 2. The number of nitrogens with zero attached hydrogens (tertiary/aromatic N) is 1. The van der Waals surface area contributed by atoms with Crippen molar-refractivity contribution in [3.05, 3.63) is 69.3 Å². The number of amides is 1. The second-order valence-corrected chi connectivity index (χ2v) is 4.60. The number of anilines is 1. The quantitative estimate of drug-likeness (QED) is 0.666. The van der Waals surface area contributed by atoms with E-state index in [1.807, 2.05) is 0 Å². The summed E-state index contributed by atoms with van der Waals surface area (Å²) in [5, 5.41) is 22.2. The monoisotopic (exact) mass is 300 g/mol. The Bertz CT molecular complexity index is 770. The molecule has 1 amide bonds. The van der Waals surface area contributed by atoms with Crippen molar-refractivity contribution >= 4 is 23.3 Å². The van der Waals surface area contributed by atoms with E-state index >= 15 is 0 Å². The molecule has 2 rings (SSSR count). The Labute approximate surface area is 125 Å². The third kappa shape index (κ3) is 3.26. The van der Waals surface area contributed by atoms with Gasteiger partial charge >= 0.3 is 5.97 Å². The summed E-state index contributed by atoms with van der Waals surface area (Å²) in [6.07, 6.45) is 0. The van der Waals surface area contributed by atoms with E-state index in [2.05, 4.69) is 5.32 Å². The zero-order valence-electron chi connectivity index (χ0n) is 11.6. The van der Waals surface area contributed by atoms with Gasteiger partial charge < -0.3 is 10.4 Å². The van der Waals surface area contributed by atoms with Crippen molar-refractivity contribution < 1.29 is 19.6 Å². The molecule has 0 saturated carbocycles.